The molecule has 1 aliphatic carbocycles. The van der Waals surface area contributed by atoms with Gasteiger partial charge in [-0.2, -0.15) is 4.98 Å². The number of hydrogen-bond donors (Lipinski definition) is 2. The highest BCUT2D eigenvalue weighted by molar-refractivity contribution is 6.28. The van der Waals surface area contributed by atoms with Gasteiger partial charge in [0.1, 0.15) is 0 Å². The molecule has 0 aromatic carbocycles. The number of nitrogens with two attached hydrogens (primary N) is 1. The van der Waals surface area contributed by atoms with Crippen LogP contribution in [0.5, 0.6) is 0 Å². The number of anilines is 2. The van der Waals surface area contributed by atoms with E-state index in [9.17, 15) is 0 Å². The molecule has 1 fully saturated rings. The number of aromatic nitrogens is 2. The predicted molar refractivity (Wildman–Crippen MR) is 57.2 cm³/mol. The first-order chi connectivity index (χ1) is 6.66. The molecule has 0 radical (unpaired) electrons. The lowest BCUT2D eigenvalue weighted by molar-refractivity contribution is 0.784. The first-order valence-corrected chi connectivity index (χ1v) is 5.06. The molecule has 2 unspecified atom stereocenters. The van der Waals surface area contributed by atoms with Crippen LogP contribution in [-0.2, 0) is 0 Å². The van der Waals surface area contributed by atoms with Crippen LogP contribution in [0.25, 0.3) is 0 Å². The summed E-state index contributed by atoms with van der Waals surface area (Å²) >= 11 is 5.66. The normalized spacial score (nSPS) is 24.7. The minimum Gasteiger partial charge on any atom is -0.394 e. The van der Waals surface area contributed by atoms with Gasteiger partial charge in [-0.05, 0) is 29.9 Å². The molecule has 2 atom stereocenters. The Morgan fingerprint density at radius 2 is 2.43 bits per heavy atom. The molecule has 4 nitrogen and oxygen atoms in total. The van der Waals surface area contributed by atoms with Gasteiger partial charge in [0.15, 0.2) is 5.82 Å². The molecule has 0 spiro atoms. The monoisotopic (exact) mass is 212 g/mol. The maximum Gasteiger partial charge on any atom is 0.224 e. The number of rotatable bonds is 3. The lowest BCUT2D eigenvalue weighted by Gasteiger charge is -2.06. The van der Waals surface area contributed by atoms with Gasteiger partial charge in [0.25, 0.3) is 0 Å². The molecule has 1 saturated carbocycles. The van der Waals surface area contributed by atoms with Crippen molar-refractivity contribution in [3.63, 3.8) is 0 Å². The van der Waals surface area contributed by atoms with Gasteiger partial charge in [-0.1, -0.05) is 6.92 Å². The van der Waals surface area contributed by atoms with Crippen LogP contribution in [0.3, 0.4) is 0 Å². The number of nitrogens with one attached hydrogen (secondary N) is 1. The fourth-order valence-corrected chi connectivity index (χ4v) is 1.56. The molecule has 1 heterocycles. The zero-order chi connectivity index (χ0) is 10.1. The zero-order valence-electron chi connectivity index (χ0n) is 8.00. The van der Waals surface area contributed by atoms with Gasteiger partial charge in [0.2, 0.25) is 5.28 Å². The number of hydrogen-bond acceptors (Lipinski definition) is 4. The van der Waals surface area contributed by atoms with Crippen molar-refractivity contribution in [2.45, 2.75) is 13.3 Å². The van der Waals surface area contributed by atoms with Crippen LogP contribution in [0, 0.1) is 11.8 Å². The highest BCUT2D eigenvalue weighted by atomic mass is 35.5. The minimum atomic E-state index is 0.227. The summed E-state index contributed by atoms with van der Waals surface area (Å²) in [4.78, 5) is 7.80. The van der Waals surface area contributed by atoms with Crippen molar-refractivity contribution in [3.8, 4) is 0 Å². The Kier molecular flexibility index (Phi) is 2.46. The van der Waals surface area contributed by atoms with Gasteiger partial charge in [0, 0.05) is 6.54 Å². The van der Waals surface area contributed by atoms with Crippen molar-refractivity contribution in [3.05, 3.63) is 11.5 Å². The molecule has 1 aromatic heterocycles. The highest BCUT2D eigenvalue weighted by Crippen LogP contribution is 2.37. The third-order valence-electron chi connectivity index (χ3n) is 2.60. The molecule has 2 rings (SSSR count). The molecule has 3 N–H and O–H groups in total. The maximum absolute atomic E-state index is 5.68. The molecule has 1 aromatic rings. The molecule has 5 heteroatoms. The van der Waals surface area contributed by atoms with E-state index in [4.69, 9.17) is 17.3 Å². The first-order valence-electron chi connectivity index (χ1n) is 4.68. The summed E-state index contributed by atoms with van der Waals surface area (Å²) in [6, 6.07) is 0. The summed E-state index contributed by atoms with van der Waals surface area (Å²) in [5.41, 5.74) is 6.23. The summed E-state index contributed by atoms with van der Waals surface area (Å²) < 4.78 is 0. The van der Waals surface area contributed by atoms with Gasteiger partial charge < -0.3 is 11.1 Å². The molecule has 14 heavy (non-hydrogen) atoms. The SMILES string of the molecule is CC1CC1CNc1nc(Cl)ncc1N. The van der Waals surface area contributed by atoms with E-state index in [0.29, 0.717) is 11.5 Å². The summed E-state index contributed by atoms with van der Waals surface area (Å²) in [5.74, 6) is 2.22. The quantitative estimate of drug-likeness (QED) is 0.750. The zero-order valence-corrected chi connectivity index (χ0v) is 8.75. The standard InChI is InChI=1S/C9H13ClN4/c1-5-2-6(5)3-12-8-7(11)4-13-9(10)14-8/h4-6H,2-3,11H2,1H3,(H,12,13,14). The Morgan fingerprint density at radius 1 is 1.71 bits per heavy atom. The Bertz CT molecular complexity index is 342. The van der Waals surface area contributed by atoms with Gasteiger partial charge in [-0.15, -0.1) is 0 Å². The molecular formula is C9H13ClN4. The Labute approximate surface area is 87.9 Å². The topological polar surface area (TPSA) is 63.8 Å². The van der Waals surface area contributed by atoms with E-state index in [1.54, 1.807) is 0 Å². The van der Waals surface area contributed by atoms with E-state index in [1.165, 1.54) is 12.6 Å². The largest absolute Gasteiger partial charge is 0.394 e. The van der Waals surface area contributed by atoms with Crippen molar-refractivity contribution in [2.24, 2.45) is 11.8 Å². The van der Waals surface area contributed by atoms with Crippen LogP contribution >= 0.6 is 11.6 Å². The fourth-order valence-electron chi connectivity index (χ4n) is 1.42. The Hall–Kier alpha value is -1.03. The molecule has 0 aliphatic heterocycles. The third kappa shape index (κ3) is 2.07. The summed E-state index contributed by atoms with van der Waals surface area (Å²) in [6.45, 7) is 3.15. The summed E-state index contributed by atoms with van der Waals surface area (Å²) in [6.07, 6.45) is 2.81. The summed E-state index contributed by atoms with van der Waals surface area (Å²) in [5, 5.41) is 3.41. The fraction of sp³-hybridized carbons (Fsp3) is 0.556. The number of nitrogen functional groups attached to an aromatic ring is 1. The molecule has 0 amide bonds. The second-order valence-electron chi connectivity index (χ2n) is 3.80. The average Bonchev–Trinajstić information content (AvgIpc) is 2.84. The first kappa shape index (κ1) is 9.52. The van der Waals surface area contributed by atoms with E-state index in [-0.39, 0.29) is 5.28 Å². The van der Waals surface area contributed by atoms with Crippen LogP contribution in [0.4, 0.5) is 11.5 Å². The van der Waals surface area contributed by atoms with Gasteiger partial charge in [-0.25, -0.2) is 4.98 Å². The van der Waals surface area contributed by atoms with Crippen LogP contribution in [0.15, 0.2) is 6.20 Å². The van der Waals surface area contributed by atoms with Crippen LogP contribution < -0.4 is 11.1 Å². The Balaban J connectivity index is 1.97. The molecule has 0 saturated heterocycles. The second-order valence-corrected chi connectivity index (χ2v) is 4.14. The van der Waals surface area contributed by atoms with Crippen molar-refractivity contribution in [1.82, 2.24) is 9.97 Å². The van der Waals surface area contributed by atoms with Crippen LogP contribution in [-0.4, -0.2) is 16.5 Å². The lowest BCUT2D eigenvalue weighted by Crippen LogP contribution is -2.08. The van der Waals surface area contributed by atoms with Crippen molar-refractivity contribution in [2.75, 3.05) is 17.6 Å². The third-order valence-corrected chi connectivity index (χ3v) is 2.78. The van der Waals surface area contributed by atoms with Crippen LogP contribution in [0.1, 0.15) is 13.3 Å². The van der Waals surface area contributed by atoms with E-state index in [0.717, 1.165) is 18.4 Å². The van der Waals surface area contributed by atoms with E-state index in [2.05, 4.69) is 22.2 Å². The van der Waals surface area contributed by atoms with Gasteiger partial charge >= 0.3 is 0 Å². The minimum absolute atomic E-state index is 0.227. The van der Waals surface area contributed by atoms with Crippen molar-refractivity contribution in [1.29, 1.82) is 0 Å². The smallest absolute Gasteiger partial charge is 0.224 e. The maximum atomic E-state index is 5.68. The van der Waals surface area contributed by atoms with Gasteiger partial charge in [-0.3, -0.25) is 0 Å². The lowest BCUT2D eigenvalue weighted by atomic mass is 10.3. The second kappa shape index (κ2) is 3.61. The van der Waals surface area contributed by atoms with E-state index in [1.807, 2.05) is 0 Å². The predicted octanol–water partition coefficient (Wildman–Crippen LogP) is 1.78. The number of nitrogens with zero attached hydrogens (tertiary/aromatic N) is 2. The van der Waals surface area contributed by atoms with Crippen molar-refractivity contribution >= 4 is 23.1 Å². The molecule has 76 valence electrons. The molecular weight excluding hydrogens is 200 g/mol. The van der Waals surface area contributed by atoms with E-state index < -0.39 is 0 Å². The Morgan fingerprint density at radius 3 is 3.07 bits per heavy atom. The van der Waals surface area contributed by atoms with Crippen molar-refractivity contribution < 1.29 is 0 Å². The molecule has 0 bridgehead atoms. The highest BCUT2D eigenvalue weighted by Gasteiger charge is 2.32. The van der Waals surface area contributed by atoms with Crippen LogP contribution in [0.2, 0.25) is 5.28 Å². The van der Waals surface area contributed by atoms with Gasteiger partial charge in [0.05, 0.1) is 11.9 Å². The molecule has 1 aliphatic rings. The number of halogens is 1. The van der Waals surface area contributed by atoms with E-state index >= 15 is 0 Å². The average molecular weight is 213 g/mol. The summed E-state index contributed by atoms with van der Waals surface area (Å²) in [7, 11) is 0.